The zero-order valence-electron chi connectivity index (χ0n) is 17.3. The van der Waals surface area contributed by atoms with Crippen LogP contribution >= 0.6 is 0 Å². The fraction of sp³-hybridized carbons (Fsp3) is 0.208. The lowest BCUT2D eigenvalue weighted by molar-refractivity contribution is 0.0716. The molecule has 32 heavy (non-hydrogen) atoms. The van der Waals surface area contributed by atoms with Crippen LogP contribution in [0.1, 0.15) is 37.7 Å². The maximum Gasteiger partial charge on any atom is 0.291 e. The molecule has 0 aliphatic carbocycles. The van der Waals surface area contributed by atoms with E-state index < -0.39 is 11.7 Å². The quantitative estimate of drug-likeness (QED) is 0.678. The molecular weight excluding hydrogens is 413 g/mol. The number of amides is 3. The van der Waals surface area contributed by atoms with E-state index in [0.717, 1.165) is 0 Å². The number of rotatable bonds is 4. The van der Waals surface area contributed by atoms with Gasteiger partial charge in [-0.2, -0.15) is 0 Å². The molecule has 1 N–H and O–H groups in total. The Balaban J connectivity index is 1.41. The fourth-order valence-corrected chi connectivity index (χ4v) is 3.64. The van der Waals surface area contributed by atoms with Gasteiger partial charge in [0, 0.05) is 37.4 Å². The Kier molecular flexibility index (Phi) is 6.30. The number of carbonyl (C=O) groups excluding carboxylic acids is 3. The normalized spacial score (nSPS) is 14.0. The van der Waals surface area contributed by atoms with Crippen molar-refractivity contribution in [1.82, 2.24) is 9.80 Å². The van der Waals surface area contributed by atoms with Crippen LogP contribution in [0.4, 0.5) is 10.1 Å². The smallest absolute Gasteiger partial charge is 0.291 e. The van der Waals surface area contributed by atoms with Crippen LogP contribution in [-0.4, -0.2) is 53.7 Å². The van der Waals surface area contributed by atoms with Gasteiger partial charge in [-0.05, 0) is 48.9 Å². The summed E-state index contributed by atoms with van der Waals surface area (Å²) in [4.78, 5) is 41.2. The third kappa shape index (κ3) is 4.69. The Morgan fingerprint density at radius 2 is 1.59 bits per heavy atom. The number of anilines is 1. The van der Waals surface area contributed by atoms with Gasteiger partial charge in [0.2, 0.25) is 0 Å². The van der Waals surface area contributed by atoms with Crippen molar-refractivity contribution in [2.75, 3.05) is 31.5 Å². The number of hydrogen-bond donors (Lipinski definition) is 1. The van der Waals surface area contributed by atoms with Gasteiger partial charge in [0.05, 0.1) is 11.8 Å². The van der Waals surface area contributed by atoms with Crippen LogP contribution in [-0.2, 0) is 0 Å². The summed E-state index contributed by atoms with van der Waals surface area (Å²) in [6, 6.07) is 15.7. The van der Waals surface area contributed by atoms with Crippen LogP contribution in [0.5, 0.6) is 0 Å². The Morgan fingerprint density at radius 3 is 2.31 bits per heavy atom. The first-order valence-electron chi connectivity index (χ1n) is 10.3. The molecule has 1 saturated heterocycles. The third-order valence-corrected chi connectivity index (χ3v) is 5.29. The molecule has 0 bridgehead atoms. The summed E-state index contributed by atoms with van der Waals surface area (Å²) in [6.45, 7) is 1.56. The Labute approximate surface area is 184 Å². The summed E-state index contributed by atoms with van der Waals surface area (Å²) in [5, 5.41) is 2.71. The second-order valence-electron chi connectivity index (χ2n) is 7.43. The molecule has 7 nitrogen and oxygen atoms in total. The van der Waals surface area contributed by atoms with E-state index in [0.29, 0.717) is 43.9 Å². The first kappa shape index (κ1) is 21.3. The topological polar surface area (TPSA) is 82.9 Å². The SMILES string of the molecule is O=C(Nc1cccc(C(=O)N2CCCN(C(=O)c3ccccc3F)CC2)c1)c1ccco1. The highest BCUT2D eigenvalue weighted by Crippen LogP contribution is 2.17. The highest BCUT2D eigenvalue weighted by molar-refractivity contribution is 6.03. The first-order chi connectivity index (χ1) is 15.5. The molecule has 2 aromatic carbocycles. The van der Waals surface area contributed by atoms with Crippen LogP contribution in [0.15, 0.2) is 71.3 Å². The van der Waals surface area contributed by atoms with Crippen molar-refractivity contribution in [2.24, 2.45) is 0 Å². The minimum absolute atomic E-state index is 0.0345. The molecule has 0 saturated carbocycles. The monoisotopic (exact) mass is 435 g/mol. The van der Waals surface area contributed by atoms with Gasteiger partial charge in [0.1, 0.15) is 5.82 Å². The molecule has 164 valence electrons. The van der Waals surface area contributed by atoms with E-state index in [1.807, 2.05) is 0 Å². The van der Waals surface area contributed by atoms with Crippen LogP contribution < -0.4 is 5.32 Å². The molecule has 1 fully saturated rings. The van der Waals surface area contributed by atoms with Crippen LogP contribution in [0.3, 0.4) is 0 Å². The minimum Gasteiger partial charge on any atom is -0.459 e. The van der Waals surface area contributed by atoms with E-state index in [1.165, 1.54) is 18.4 Å². The lowest BCUT2D eigenvalue weighted by Crippen LogP contribution is -2.37. The van der Waals surface area contributed by atoms with Crippen LogP contribution in [0.2, 0.25) is 0 Å². The number of furan rings is 1. The van der Waals surface area contributed by atoms with Gasteiger partial charge >= 0.3 is 0 Å². The van der Waals surface area contributed by atoms with E-state index in [9.17, 15) is 18.8 Å². The van der Waals surface area contributed by atoms with Gasteiger partial charge in [-0.15, -0.1) is 0 Å². The van der Waals surface area contributed by atoms with Crippen molar-refractivity contribution < 1.29 is 23.2 Å². The van der Waals surface area contributed by atoms with E-state index in [1.54, 1.807) is 58.3 Å². The van der Waals surface area contributed by atoms with Crippen molar-refractivity contribution in [3.8, 4) is 0 Å². The molecule has 1 aliphatic rings. The maximum absolute atomic E-state index is 14.0. The Bertz CT molecular complexity index is 1130. The number of nitrogens with one attached hydrogen (secondary N) is 1. The van der Waals surface area contributed by atoms with Gasteiger partial charge in [-0.1, -0.05) is 18.2 Å². The van der Waals surface area contributed by atoms with Crippen LogP contribution in [0, 0.1) is 5.82 Å². The predicted octanol–water partition coefficient (Wildman–Crippen LogP) is 3.66. The maximum atomic E-state index is 14.0. The molecule has 8 heteroatoms. The highest BCUT2D eigenvalue weighted by Gasteiger charge is 2.25. The molecule has 0 unspecified atom stereocenters. The Morgan fingerprint density at radius 1 is 0.844 bits per heavy atom. The Hall–Kier alpha value is -3.94. The molecule has 0 spiro atoms. The minimum atomic E-state index is -0.553. The molecule has 3 amide bonds. The second-order valence-corrected chi connectivity index (χ2v) is 7.43. The summed E-state index contributed by atoms with van der Waals surface area (Å²) in [7, 11) is 0. The lowest BCUT2D eigenvalue weighted by Gasteiger charge is -2.22. The van der Waals surface area contributed by atoms with Crippen molar-refractivity contribution in [3.63, 3.8) is 0 Å². The number of nitrogens with zero attached hydrogens (tertiary/aromatic N) is 2. The summed E-state index contributed by atoms with van der Waals surface area (Å²) in [6.07, 6.45) is 2.00. The van der Waals surface area contributed by atoms with Crippen LogP contribution in [0.25, 0.3) is 0 Å². The lowest BCUT2D eigenvalue weighted by atomic mass is 10.1. The third-order valence-electron chi connectivity index (χ3n) is 5.29. The largest absolute Gasteiger partial charge is 0.459 e. The summed E-state index contributed by atoms with van der Waals surface area (Å²) >= 11 is 0. The molecular formula is C24H22FN3O4. The molecule has 0 radical (unpaired) electrons. The number of benzene rings is 2. The van der Waals surface area contributed by atoms with E-state index in [-0.39, 0.29) is 23.1 Å². The van der Waals surface area contributed by atoms with Gasteiger partial charge in [-0.25, -0.2) is 4.39 Å². The average Bonchev–Trinajstić information content (AvgIpc) is 3.24. The molecule has 1 aliphatic heterocycles. The molecule has 1 aromatic heterocycles. The van der Waals surface area contributed by atoms with Crippen molar-refractivity contribution >= 4 is 23.4 Å². The zero-order chi connectivity index (χ0) is 22.5. The van der Waals surface area contributed by atoms with Crippen molar-refractivity contribution in [1.29, 1.82) is 0 Å². The summed E-state index contributed by atoms with van der Waals surface area (Å²) < 4.78 is 19.1. The number of halogens is 1. The van der Waals surface area contributed by atoms with Gasteiger partial charge < -0.3 is 19.5 Å². The van der Waals surface area contributed by atoms with Gasteiger partial charge in [0.15, 0.2) is 5.76 Å². The van der Waals surface area contributed by atoms with Gasteiger partial charge in [-0.3, -0.25) is 14.4 Å². The second kappa shape index (κ2) is 9.47. The van der Waals surface area contributed by atoms with E-state index >= 15 is 0 Å². The number of hydrogen-bond acceptors (Lipinski definition) is 4. The highest BCUT2D eigenvalue weighted by atomic mass is 19.1. The van der Waals surface area contributed by atoms with E-state index in [2.05, 4.69) is 5.32 Å². The zero-order valence-corrected chi connectivity index (χ0v) is 17.3. The average molecular weight is 435 g/mol. The molecule has 0 atom stereocenters. The standard InChI is InChI=1S/C24H22FN3O4/c25-20-9-2-1-8-19(20)24(31)28-12-5-11-27(13-14-28)23(30)17-6-3-7-18(16-17)26-22(29)21-10-4-15-32-21/h1-4,6-10,15-16H,5,11-14H2,(H,26,29). The molecule has 2 heterocycles. The van der Waals surface area contributed by atoms with Gasteiger partial charge in [0.25, 0.3) is 17.7 Å². The van der Waals surface area contributed by atoms with E-state index in [4.69, 9.17) is 4.42 Å². The summed E-state index contributed by atoms with van der Waals surface area (Å²) in [5.74, 6) is -1.35. The number of carbonyl (C=O) groups is 3. The molecule has 4 rings (SSSR count). The molecule has 3 aromatic rings. The summed E-state index contributed by atoms with van der Waals surface area (Å²) in [5.41, 5.74) is 0.937. The fourth-order valence-electron chi connectivity index (χ4n) is 3.64. The predicted molar refractivity (Wildman–Crippen MR) is 116 cm³/mol. The van der Waals surface area contributed by atoms with Crippen molar-refractivity contribution in [2.45, 2.75) is 6.42 Å². The van der Waals surface area contributed by atoms with Crippen molar-refractivity contribution in [3.05, 3.63) is 89.6 Å². The first-order valence-corrected chi connectivity index (χ1v) is 10.3.